The lowest BCUT2D eigenvalue weighted by Crippen LogP contribution is -2.44. The van der Waals surface area contributed by atoms with E-state index in [0.717, 1.165) is 16.0 Å². The van der Waals surface area contributed by atoms with Crippen LogP contribution in [0.25, 0.3) is 44.7 Å². The van der Waals surface area contributed by atoms with Gasteiger partial charge in [0.25, 0.3) is 29.6 Å². The van der Waals surface area contributed by atoms with E-state index in [4.69, 9.17) is 111 Å². The van der Waals surface area contributed by atoms with Gasteiger partial charge in [0.2, 0.25) is 35.6 Å². The minimum absolute atomic E-state index is 0. The van der Waals surface area contributed by atoms with Crippen molar-refractivity contribution in [1.29, 1.82) is 0 Å². The number of aromatic amines is 3. The molecular formula is C82H102Br2N27O27P. The van der Waals surface area contributed by atoms with Crippen LogP contribution >= 0.6 is 39.2 Å². The number of hydrogen-bond donors (Lipinski definition) is 22. The van der Waals surface area contributed by atoms with Crippen molar-refractivity contribution in [3.05, 3.63) is 201 Å². The van der Waals surface area contributed by atoms with Crippen LogP contribution in [-0.2, 0) is 57.3 Å². The number of H-pyrrole nitrogens is 3. The van der Waals surface area contributed by atoms with E-state index in [9.17, 15) is 69.1 Å². The molecule has 32 N–H and O–H groups in total. The van der Waals surface area contributed by atoms with Crippen LogP contribution < -0.4 is 99.0 Å². The van der Waals surface area contributed by atoms with Crippen LogP contribution in [0.1, 0.15) is 80.6 Å². The van der Waals surface area contributed by atoms with Gasteiger partial charge in [-0.25, -0.2) is 29.6 Å². The summed E-state index contributed by atoms with van der Waals surface area (Å²) in [4.78, 5) is 117. The maximum atomic E-state index is 12.6. The number of aromatic nitrogens is 18. The highest BCUT2D eigenvalue weighted by Crippen LogP contribution is 2.43. The summed E-state index contributed by atoms with van der Waals surface area (Å²) in [6.45, 7) is 1.14. The molecule has 0 unspecified atom stereocenters. The summed E-state index contributed by atoms with van der Waals surface area (Å²) in [5.41, 5.74) is 27.9. The van der Waals surface area contributed by atoms with Crippen molar-refractivity contribution in [3.8, 4) is 24.4 Å². The van der Waals surface area contributed by atoms with Gasteiger partial charge in [-0.2, -0.15) is 44.2 Å². The molecule has 0 radical (unpaired) electrons. The Kier molecular flexibility index (Phi) is 36.6. The van der Waals surface area contributed by atoms with Crippen molar-refractivity contribution in [1.82, 2.24) is 87.4 Å². The Morgan fingerprint density at radius 3 is 1.24 bits per heavy atom. The quantitative estimate of drug-likeness (QED) is 0.00904. The standard InChI is InChI=1S/C17H20N6O5.C17H19N5O5.C12H12NO2P.C11H15N5O5.C10H12BrN5O4.C10H13N5O4.C3H3Br.C2H6O.H2O/c18-16-21-13-12(14(26)23(16)19)20-17(27-8-9-4-2-1-3-5-9)22(13)15-11(25)6-10(7-24)28-15;18-16-20-13-12(14(25)21-16)19-17(26-8-9-4-2-1-3-5-9)22(13)15-11(24)6-10(7-23)27-15;13-15-16(14,11-7-3-1-4-8-11)12-9-5-2-6-10-12;12-11-14-8-5(9(20)16(11)13)2-7(19)15(8)10-6(18)1-4(3-17)21-10;11-9-13-5-6(14-10(12)15-7(5)19)16(9)8-4(18)1-3(2-17)20-8;11-10-13-7-6(8(18)14-10)12-3-15(7)9-5(17)1-4(2-16)19-9;1-2-3-4;1-2-3;/h1-5,10-11,15,24-25H,6-8,19H2,(H2,18,21);1-5,10-11,15,23-24H,6-8H2,(H3,18,20,21,25);1-10H,13H2;4,6,10,17-18H,1-3,13H2,(H2,12,14);3-4,8,17-18H,1-2H2,(H3,12,14,15,19);3-5,9,16-17H,1-2H2,(H3,11,13,14,18);1H,3H2;3H,2H2,1H3;1H2/t2*10-,11+,15+;;4-,6+,10+;3-,4+,8+;4-,5+,9+;;;/m00.000.../s1. The summed E-state index contributed by atoms with van der Waals surface area (Å²) in [7, 11) is -3.13. The molecule has 0 saturated carbocycles. The minimum atomic E-state index is -3.13. The number of terminal acetylenes is 1. The number of halogens is 2. The molecule has 19 rings (SSSR count). The fraction of sp³-hybridized carbons (Fsp3) is 0.378. The van der Waals surface area contributed by atoms with Crippen LogP contribution in [0.3, 0.4) is 0 Å². The largest absolute Gasteiger partial charge is 0.460 e. The van der Waals surface area contributed by atoms with E-state index in [1.54, 1.807) is 31.2 Å². The Hall–Kier alpha value is -13.2. The van der Waals surface area contributed by atoms with Gasteiger partial charge in [-0.05, 0) is 58.2 Å². The Morgan fingerprint density at radius 1 is 0.482 bits per heavy atom. The third kappa shape index (κ3) is 24.0. The van der Waals surface area contributed by atoms with Crippen LogP contribution in [0, 0.1) is 12.3 Å². The number of carbonyl (C=O) groups is 1. The summed E-state index contributed by atoms with van der Waals surface area (Å²) in [5.74, 6) is 17.6. The molecule has 139 heavy (non-hydrogen) atoms. The van der Waals surface area contributed by atoms with E-state index >= 15 is 0 Å². The molecule has 746 valence electrons. The Labute approximate surface area is 800 Å². The first-order chi connectivity index (χ1) is 66.2. The predicted octanol–water partition coefficient (Wildman–Crippen LogP) is -4.63. The van der Waals surface area contributed by atoms with Crippen LogP contribution in [0.2, 0.25) is 0 Å². The van der Waals surface area contributed by atoms with Crippen LogP contribution in [0.15, 0.2) is 156 Å². The van der Waals surface area contributed by atoms with Gasteiger partial charge >= 0.3 is 17.6 Å². The molecule has 5 fully saturated rings. The molecular weight excluding hydrogens is 1990 g/mol. The molecule has 0 bridgehead atoms. The van der Waals surface area contributed by atoms with E-state index in [2.05, 4.69) is 97.6 Å². The van der Waals surface area contributed by atoms with Gasteiger partial charge in [-0.15, -0.1) is 6.42 Å². The molecule has 15 atom stereocenters. The molecule has 9 aromatic heterocycles. The van der Waals surface area contributed by atoms with Crippen molar-refractivity contribution in [3.63, 3.8) is 0 Å². The smallest absolute Gasteiger partial charge is 0.301 e. The molecule has 1 amide bonds. The van der Waals surface area contributed by atoms with Crippen molar-refractivity contribution in [2.75, 3.05) is 90.2 Å². The van der Waals surface area contributed by atoms with Crippen molar-refractivity contribution >= 4 is 136 Å². The molecule has 13 aromatic rings. The third-order valence-corrected chi connectivity index (χ3v) is 24.4. The molecule has 15 heterocycles. The summed E-state index contributed by atoms with van der Waals surface area (Å²) >= 11 is 6.22. The lowest BCUT2D eigenvalue weighted by Gasteiger charge is -2.26. The number of benzene rings is 4. The van der Waals surface area contributed by atoms with E-state index in [0.29, 0.717) is 36.4 Å². The number of amides is 1. The highest BCUT2D eigenvalue weighted by molar-refractivity contribution is 9.10. The van der Waals surface area contributed by atoms with Gasteiger partial charge in [0.1, 0.15) is 43.7 Å². The Balaban J connectivity index is 0.000000159. The van der Waals surface area contributed by atoms with Crippen molar-refractivity contribution in [2.24, 2.45) is 5.90 Å². The van der Waals surface area contributed by atoms with Gasteiger partial charge in [-0.1, -0.05) is 119 Å². The van der Waals surface area contributed by atoms with Crippen LogP contribution in [0.5, 0.6) is 12.0 Å². The molecule has 0 aliphatic carbocycles. The number of fused-ring (bicyclic) bond motifs is 5. The highest BCUT2D eigenvalue weighted by atomic mass is 79.9. The van der Waals surface area contributed by atoms with Gasteiger partial charge < -0.3 is 135 Å². The number of hydrogen-bond acceptors (Lipinski definition) is 43. The van der Waals surface area contributed by atoms with E-state index in [-0.39, 0.29) is 188 Å². The number of alkyl halides is 1. The maximum Gasteiger partial charge on any atom is 0.301 e. The van der Waals surface area contributed by atoms with Gasteiger partial charge in [0.05, 0.1) is 87.2 Å². The first-order valence-corrected chi connectivity index (χ1v) is 45.5. The lowest BCUT2D eigenvalue weighted by molar-refractivity contribution is -0.121. The fourth-order valence-electron chi connectivity index (χ4n) is 14.9. The number of nitrogens with one attached hydrogen (secondary N) is 3. The maximum absolute atomic E-state index is 12.6. The number of aliphatic hydroxyl groups excluding tert-OH is 11. The molecule has 5 saturated heterocycles. The molecule has 0 spiro atoms. The molecule has 57 heteroatoms. The zero-order valence-corrected chi connectivity index (χ0v) is 77.6. The number of nitrogen functional groups attached to an aromatic ring is 7. The van der Waals surface area contributed by atoms with E-state index < -0.39 is 133 Å². The topological polar surface area (TPSA) is 852 Å². The lowest BCUT2D eigenvalue weighted by atomic mass is 10.2. The number of nitrogens with two attached hydrogens (primary N) is 8. The number of anilines is 6. The van der Waals surface area contributed by atoms with Gasteiger partial charge in [0, 0.05) is 49.3 Å². The Morgan fingerprint density at radius 2 is 0.827 bits per heavy atom. The average molecular weight is 2090 g/mol. The number of carbonyl (C=O) groups excluding carboxylic acids is 1. The van der Waals surface area contributed by atoms with Gasteiger partial charge in [0.15, 0.2) is 86.3 Å². The highest BCUT2D eigenvalue weighted by Gasteiger charge is 2.47. The number of rotatable bonds is 19. The zero-order chi connectivity index (χ0) is 99.7. The first-order valence-electron chi connectivity index (χ1n) is 41.9. The molecule has 54 nitrogen and oxygen atoms in total. The van der Waals surface area contributed by atoms with E-state index in [1.807, 2.05) is 97.1 Å². The summed E-state index contributed by atoms with van der Waals surface area (Å²) in [6.07, 6.45) is -4.40. The SMILES string of the molecule is C#CCBr.CCO.NOP(=O)(c1ccccc1)c1ccccc1.Nc1nc2c(c(=O)n1N)CC(=O)N2[C@@H]1O[C@H](CO)C[C@H]1O.Nc1nc2c(nc(Br)n2[C@@H]2O[C@H](CO)C[C@H]2O)c(=O)[nH]1.Nc1nc2c(nc(OCc3ccccc3)n2[C@@H]2O[C@H](CO)C[C@H]2O)c(=O)[nH]1.Nc1nc2c(nc(OCc3ccccc3)n2[C@@H]2O[C@H](CO)C[C@H]2O)c(=O)n1N.Nc1nc2c(ncn2[C@@H]2O[C@H](CO)C[C@H]2O)c(=O)[nH]1.O. The van der Waals surface area contributed by atoms with Crippen molar-refractivity contribution < 1.29 is 109 Å². The summed E-state index contributed by atoms with van der Waals surface area (Å²) in [5, 5.41) is 106. The second-order valence-electron chi connectivity index (χ2n) is 30.7. The molecule has 6 aliphatic heterocycles. The monoisotopic (exact) mass is 2090 g/mol. The van der Waals surface area contributed by atoms with Crippen LogP contribution in [0.4, 0.5) is 35.6 Å². The predicted molar refractivity (Wildman–Crippen MR) is 504 cm³/mol. The average Bonchev–Trinajstić information content (AvgIpc) is 1.63. The first kappa shape index (κ1) is 106. The number of ether oxygens (including phenoxy) is 7. The summed E-state index contributed by atoms with van der Waals surface area (Å²) in [6, 6.07) is 36.8. The van der Waals surface area contributed by atoms with Crippen molar-refractivity contribution in [2.45, 2.75) is 151 Å². The third-order valence-electron chi connectivity index (χ3n) is 21.3. The molecule has 6 aliphatic rings. The minimum Gasteiger partial charge on any atom is -0.460 e. The molecule has 4 aromatic carbocycles. The van der Waals surface area contributed by atoms with Crippen LogP contribution in [-0.4, -0.2) is 267 Å². The van der Waals surface area contributed by atoms with E-state index in [1.165, 1.54) is 24.6 Å². The number of nitrogens with zero attached hydrogens (tertiary/aromatic N) is 16. The number of imidazole rings is 4. The fourth-order valence-corrected chi connectivity index (χ4v) is 17.2. The number of aliphatic hydroxyl groups is 11. The van der Waals surface area contributed by atoms with Gasteiger partial charge in [-0.3, -0.25) is 62.3 Å². The zero-order valence-electron chi connectivity index (χ0n) is 73.5. The second kappa shape index (κ2) is 47.9. The summed E-state index contributed by atoms with van der Waals surface area (Å²) < 4.78 is 64.2. The second-order valence-corrected chi connectivity index (χ2v) is 34.3. The normalized spacial score (nSPS) is 22.1. The Bertz CT molecular complexity index is 6720.